The van der Waals surface area contributed by atoms with Crippen LogP contribution in [0.2, 0.25) is 0 Å². The van der Waals surface area contributed by atoms with E-state index in [9.17, 15) is 0 Å². The van der Waals surface area contributed by atoms with E-state index in [0.29, 0.717) is 11.9 Å². The number of nitrogens with zero attached hydrogens (tertiary/aromatic N) is 2. The first-order valence-electron chi connectivity index (χ1n) is 8.21. The van der Waals surface area contributed by atoms with Crippen molar-refractivity contribution in [2.75, 3.05) is 18.8 Å². The summed E-state index contributed by atoms with van der Waals surface area (Å²) in [5.41, 5.74) is 10.5. The largest absolute Gasteiger partial charge is 0.383 e. The van der Waals surface area contributed by atoms with E-state index in [1.807, 2.05) is 13.1 Å². The average Bonchev–Trinajstić information content (AvgIpc) is 2.58. The highest BCUT2D eigenvalue weighted by molar-refractivity contribution is 5.65. The second-order valence-electron chi connectivity index (χ2n) is 6.32. The summed E-state index contributed by atoms with van der Waals surface area (Å²) in [4.78, 5) is 6.85. The number of hydrogen-bond acceptors (Lipinski definition) is 3. The third-order valence-electron chi connectivity index (χ3n) is 4.78. The molecule has 2 aromatic rings. The van der Waals surface area contributed by atoms with Crippen LogP contribution in [0.4, 0.5) is 5.82 Å². The molecule has 1 aliphatic heterocycles. The van der Waals surface area contributed by atoms with Crippen molar-refractivity contribution < 1.29 is 0 Å². The van der Waals surface area contributed by atoms with E-state index in [2.05, 4.69) is 47.1 Å². The number of anilines is 1. The van der Waals surface area contributed by atoms with Gasteiger partial charge < -0.3 is 5.73 Å². The molecule has 0 radical (unpaired) electrons. The van der Waals surface area contributed by atoms with Gasteiger partial charge >= 0.3 is 0 Å². The van der Waals surface area contributed by atoms with E-state index < -0.39 is 0 Å². The lowest BCUT2D eigenvalue weighted by molar-refractivity contribution is 0.175. The van der Waals surface area contributed by atoms with E-state index in [-0.39, 0.29) is 0 Å². The number of rotatable bonds is 3. The fourth-order valence-corrected chi connectivity index (χ4v) is 3.21. The number of piperidine rings is 1. The molecule has 2 N–H and O–H groups in total. The number of likely N-dealkylation sites (tertiary alicyclic amines) is 1. The van der Waals surface area contributed by atoms with Gasteiger partial charge in [-0.15, -0.1) is 0 Å². The van der Waals surface area contributed by atoms with Crippen molar-refractivity contribution in [1.82, 2.24) is 9.88 Å². The Morgan fingerprint density at radius 1 is 1.05 bits per heavy atom. The fourth-order valence-electron chi connectivity index (χ4n) is 3.21. The van der Waals surface area contributed by atoms with Gasteiger partial charge in [0.15, 0.2) is 0 Å². The van der Waals surface area contributed by atoms with Gasteiger partial charge in [-0.05, 0) is 62.5 Å². The van der Waals surface area contributed by atoms with Gasteiger partial charge in [-0.1, -0.05) is 30.7 Å². The molecule has 3 heteroatoms. The standard InChI is InChI=1S/C19H25N3/c1-14-12-18(13-21-19(14)20)17-8-6-16(7-9-17)15(2)22-10-4-3-5-11-22/h6-9,12-13,15H,3-5,10-11H2,1-2H3,(H2,20,21)/t15-/m0/s1. The third kappa shape index (κ3) is 3.14. The summed E-state index contributed by atoms with van der Waals surface area (Å²) in [6, 6.07) is 11.5. The van der Waals surface area contributed by atoms with Gasteiger partial charge in [0, 0.05) is 17.8 Å². The van der Waals surface area contributed by atoms with Crippen LogP contribution in [0.15, 0.2) is 36.5 Å². The molecule has 22 heavy (non-hydrogen) atoms. The molecule has 1 saturated heterocycles. The Bertz CT molecular complexity index is 628. The normalized spacial score (nSPS) is 17.4. The minimum Gasteiger partial charge on any atom is -0.383 e. The smallest absolute Gasteiger partial charge is 0.126 e. The van der Waals surface area contributed by atoms with Crippen molar-refractivity contribution in [3.05, 3.63) is 47.7 Å². The molecule has 0 aliphatic carbocycles. The predicted octanol–water partition coefficient (Wildman–Crippen LogP) is 4.19. The SMILES string of the molecule is Cc1cc(-c2ccc([C@H](C)N3CCCCC3)cc2)cnc1N. The van der Waals surface area contributed by atoms with Gasteiger partial charge in [0.2, 0.25) is 0 Å². The average molecular weight is 295 g/mol. The molecule has 3 nitrogen and oxygen atoms in total. The number of aromatic nitrogens is 1. The van der Waals surface area contributed by atoms with E-state index in [0.717, 1.165) is 11.1 Å². The molecule has 2 heterocycles. The number of hydrogen-bond donors (Lipinski definition) is 1. The first-order chi connectivity index (χ1) is 10.6. The van der Waals surface area contributed by atoms with E-state index >= 15 is 0 Å². The first-order valence-corrected chi connectivity index (χ1v) is 8.21. The van der Waals surface area contributed by atoms with Crippen LogP contribution in [0, 0.1) is 6.92 Å². The summed E-state index contributed by atoms with van der Waals surface area (Å²) < 4.78 is 0. The minimum absolute atomic E-state index is 0.501. The van der Waals surface area contributed by atoms with Crippen molar-refractivity contribution in [2.45, 2.75) is 39.2 Å². The highest BCUT2D eigenvalue weighted by Crippen LogP contribution is 2.27. The topological polar surface area (TPSA) is 42.2 Å². The molecule has 3 rings (SSSR count). The zero-order chi connectivity index (χ0) is 15.5. The van der Waals surface area contributed by atoms with Crippen molar-refractivity contribution in [3.8, 4) is 11.1 Å². The summed E-state index contributed by atoms with van der Waals surface area (Å²) in [6.45, 7) is 6.77. The Morgan fingerprint density at radius 3 is 2.36 bits per heavy atom. The van der Waals surface area contributed by atoms with Crippen LogP contribution in [-0.4, -0.2) is 23.0 Å². The lowest BCUT2D eigenvalue weighted by Crippen LogP contribution is -2.32. The lowest BCUT2D eigenvalue weighted by atomic mass is 9.99. The Hall–Kier alpha value is -1.87. The number of nitrogens with two attached hydrogens (primary N) is 1. The van der Waals surface area contributed by atoms with E-state index in [4.69, 9.17) is 5.73 Å². The molecular weight excluding hydrogens is 270 g/mol. The lowest BCUT2D eigenvalue weighted by Gasteiger charge is -2.32. The quantitative estimate of drug-likeness (QED) is 0.923. The number of aryl methyl sites for hydroxylation is 1. The van der Waals surface area contributed by atoms with Gasteiger partial charge in [-0.3, -0.25) is 4.90 Å². The maximum absolute atomic E-state index is 5.80. The Balaban J connectivity index is 1.78. The molecule has 1 fully saturated rings. The zero-order valence-corrected chi connectivity index (χ0v) is 13.5. The van der Waals surface area contributed by atoms with Gasteiger partial charge in [0.05, 0.1) is 0 Å². The van der Waals surface area contributed by atoms with Crippen molar-refractivity contribution in [2.24, 2.45) is 0 Å². The van der Waals surface area contributed by atoms with Gasteiger partial charge in [0.1, 0.15) is 5.82 Å². The van der Waals surface area contributed by atoms with Gasteiger partial charge in [-0.25, -0.2) is 4.98 Å². The van der Waals surface area contributed by atoms with Crippen molar-refractivity contribution in [1.29, 1.82) is 0 Å². The fraction of sp³-hybridized carbons (Fsp3) is 0.421. The van der Waals surface area contributed by atoms with Crippen LogP contribution in [0.3, 0.4) is 0 Å². The third-order valence-corrected chi connectivity index (χ3v) is 4.78. The van der Waals surface area contributed by atoms with Crippen LogP contribution < -0.4 is 5.73 Å². The molecular formula is C19H25N3. The summed E-state index contributed by atoms with van der Waals surface area (Å²) in [7, 11) is 0. The molecule has 1 aromatic carbocycles. The molecule has 0 bridgehead atoms. The molecule has 0 saturated carbocycles. The summed E-state index contributed by atoms with van der Waals surface area (Å²) in [5, 5.41) is 0. The predicted molar refractivity (Wildman–Crippen MR) is 92.7 cm³/mol. The monoisotopic (exact) mass is 295 g/mol. The minimum atomic E-state index is 0.501. The molecule has 0 spiro atoms. The van der Waals surface area contributed by atoms with Crippen LogP contribution in [0.25, 0.3) is 11.1 Å². The van der Waals surface area contributed by atoms with Crippen molar-refractivity contribution >= 4 is 5.82 Å². The Labute approximate surface area is 133 Å². The molecule has 1 atom stereocenters. The maximum atomic E-state index is 5.80. The maximum Gasteiger partial charge on any atom is 0.126 e. The molecule has 0 amide bonds. The molecule has 0 unspecified atom stereocenters. The van der Waals surface area contributed by atoms with Crippen LogP contribution >= 0.6 is 0 Å². The van der Waals surface area contributed by atoms with E-state index in [1.54, 1.807) is 0 Å². The molecule has 116 valence electrons. The second-order valence-corrected chi connectivity index (χ2v) is 6.32. The first kappa shape index (κ1) is 15.0. The van der Waals surface area contributed by atoms with E-state index in [1.165, 1.54) is 43.5 Å². The number of nitrogen functional groups attached to an aromatic ring is 1. The Morgan fingerprint density at radius 2 is 1.73 bits per heavy atom. The summed E-state index contributed by atoms with van der Waals surface area (Å²) in [6.07, 6.45) is 5.90. The summed E-state index contributed by atoms with van der Waals surface area (Å²) >= 11 is 0. The van der Waals surface area contributed by atoms with Gasteiger partial charge in [0.25, 0.3) is 0 Å². The highest BCUT2D eigenvalue weighted by atomic mass is 15.2. The van der Waals surface area contributed by atoms with Crippen LogP contribution in [-0.2, 0) is 0 Å². The number of pyridine rings is 1. The highest BCUT2D eigenvalue weighted by Gasteiger charge is 2.17. The number of benzene rings is 1. The Kier molecular flexibility index (Phi) is 4.44. The zero-order valence-electron chi connectivity index (χ0n) is 13.5. The van der Waals surface area contributed by atoms with Gasteiger partial charge in [-0.2, -0.15) is 0 Å². The molecule has 1 aliphatic rings. The summed E-state index contributed by atoms with van der Waals surface area (Å²) in [5.74, 6) is 0.610. The second kappa shape index (κ2) is 6.49. The molecule has 1 aromatic heterocycles. The van der Waals surface area contributed by atoms with Crippen molar-refractivity contribution in [3.63, 3.8) is 0 Å². The van der Waals surface area contributed by atoms with Crippen LogP contribution in [0.5, 0.6) is 0 Å². The van der Waals surface area contributed by atoms with Crippen LogP contribution in [0.1, 0.15) is 43.4 Å².